The standard InChI is InChI=1S/C18H15FN6/c19-15-5-2-6-16-17(15)18(23-11-22-16)21-8-13-3-1-4-14(7-13)9-25-12-20-10-24-25/h1-7,10-12H,8-9H2,(H,21,22,23). The summed E-state index contributed by atoms with van der Waals surface area (Å²) in [5, 5.41) is 7.72. The van der Waals surface area contributed by atoms with Gasteiger partial charge in [0.25, 0.3) is 0 Å². The highest BCUT2D eigenvalue weighted by molar-refractivity contribution is 5.89. The molecule has 2 heterocycles. The summed E-state index contributed by atoms with van der Waals surface area (Å²) in [5.41, 5.74) is 2.77. The Balaban J connectivity index is 1.54. The van der Waals surface area contributed by atoms with E-state index >= 15 is 0 Å². The van der Waals surface area contributed by atoms with Crippen LogP contribution in [-0.2, 0) is 13.1 Å². The van der Waals surface area contributed by atoms with Gasteiger partial charge in [-0.2, -0.15) is 5.10 Å². The second-order valence-electron chi connectivity index (χ2n) is 5.62. The minimum atomic E-state index is -0.333. The molecule has 0 unspecified atom stereocenters. The maximum absolute atomic E-state index is 14.1. The molecule has 25 heavy (non-hydrogen) atoms. The topological polar surface area (TPSA) is 68.5 Å². The van der Waals surface area contributed by atoms with E-state index in [9.17, 15) is 4.39 Å². The highest BCUT2D eigenvalue weighted by Gasteiger charge is 2.08. The molecule has 0 saturated heterocycles. The molecule has 2 aromatic heterocycles. The molecule has 2 aromatic carbocycles. The van der Waals surface area contributed by atoms with E-state index in [1.54, 1.807) is 23.1 Å². The number of fused-ring (bicyclic) bond motifs is 1. The van der Waals surface area contributed by atoms with E-state index in [-0.39, 0.29) is 5.82 Å². The van der Waals surface area contributed by atoms with Gasteiger partial charge in [0.15, 0.2) is 0 Å². The Bertz CT molecular complexity index is 994. The van der Waals surface area contributed by atoms with Gasteiger partial charge in [0, 0.05) is 6.54 Å². The molecule has 0 fully saturated rings. The van der Waals surface area contributed by atoms with Crippen molar-refractivity contribution in [2.24, 2.45) is 0 Å². The third-order valence-electron chi connectivity index (χ3n) is 3.87. The fourth-order valence-corrected chi connectivity index (χ4v) is 2.73. The SMILES string of the molecule is Fc1cccc2ncnc(NCc3cccc(Cn4cncn4)c3)c12. The average molecular weight is 334 g/mol. The Morgan fingerprint density at radius 3 is 2.76 bits per heavy atom. The Hall–Kier alpha value is -3.35. The van der Waals surface area contributed by atoms with Gasteiger partial charge in [-0.05, 0) is 23.3 Å². The molecule has 7 heteroatoms. The summed E-state index contributed by atoms with van der Waals surface area (Å²) in [6, 6.07) is 12.9. The number of benzene rings is 2. The molecule has 0 saturated carbocycles. The summed E-state index contributed by atoms with van der Waals surface area (Å²) in [6.45, 7) is 1.19. The molecule has 0 amide bonds. The number of hydrogen-bond acceptors (Lipinski definition) is 5. The van der Waals surface area contributed by atoms with Gasteiger partial charge in [-0.15, -0.1) is 0 Å². The van der Waals surface area contributed by atoms with Crippen molar-refractivity contribution in [3.8, 4) is 0 Å². The maximum atomic E-state index is 14.1. The number of nitrogens with zero attached hydrogens (tertiary/aromatic N) is 5. The highest BCUT2D eigenvalue weighted by atomic mass is 19.1. The number of rotatable bonds is 5. The van der Waals surface area contributed by atoms with Crippen molar-refractivity contribution in [3.63, 3.8) is 0 Å². The van der Waals surface area contributed by atoms with Gasteiger partial charge in [-0.3, -0.25) is 0 Å². The second kappa shape index (κ2) is 6.64. The van der Waals surface area contributed by atoms with Gasteiger partial charge in [0.2, 0.25) is 0 Å². The number of nitrogens with one attached hydrogen (secondary N) is 1. The molecule has 0 spiro atoms. The molecule has 0 bridgehead atoms. The van der Waals surface area contributed by atoms with Gasteiger partial charge in [-0.25, -0.2) is 24.0 Å². The highest BCUT2D eigenvalue weighted by Crippen LogP contribution is 2.22. The molecule has 0 aliphatic carbocycles. The molecule has 0 aliphatic heterocycles. The van der Waals surface area contributed by atoms with Gasteiger partial charge < -0.3 is 5.32 Å². The Kier molecular flexibility index (Phi) is 4.04. The molecule has 124 valence electrons. The van der Waals surface area contributed by atoms with Crippen molar-refractivity contribution in [1.29, 1.82) is 0 Å². The van der Waals surface area contributed by atoms with Crippen LogP contribution in [0.4, 0.5) is 10.2 Å². The fourth-order valence-electron chi connectivity index (χ4n) is 2.73. The molecule has 4 aromatic rings. The minimum absolute atomic E-state index is 0.333. The van der Waals surface area contributed by atoms with Crippen LogP contribution in [0.3, 0.4) is 0 Å². The average Bonchev–Trinajstić information content (AvgIpc) is 3.13. The Morgan fingerprint density at radius 1 is 1.00 bits per heavy atom. The molecular formula is C18H15FN6. The third-order valence-corrected chi connectivity index (χ3v) is 3.87. The van der Waals surface area contributed by atoms with E-state index in [0.29, 0.717) is 29.8 Å². The van der Waals surface area contributed by atoms with E-state index in [1.807, 2.05) is 18.2 Å². The van der Waals surface area contributed by atoms with Crippen molar-refractivity contribution in [3.05, 3.63) is 78.4 Å². The summed E-state index contributed by atoms with van der Waals surface area (Å²) in [7, 11) is 0. The fraction of sp³-hybridized carbons (Fsp3) is 0.111. The number of hydrogen-bond donors (Lipinski definition) is 1. The summed E-state index contributed by atoms with van der Waals surface area (Å²) < 4.78 is 15.9. The molecule has 0 radical (unpaired) electrons. The van der Waals surface area contributed by atoms with E-state index in [2.05, 4.69) is 31.4 Å². The third kappa shape index (κ3) is 3.30. The van der Waals surface area contributed by atoms with Crippen LogP contribution in [0, 0.1) is 5.82 Å². The van der Waals surface area contributed by atoms with E-state index in [0.717, 1.165) is 11.1 Å². The normalized spacial score (nSPS) is 10.9. The first-order chi connectivity index (χ1) is 12.3. The Labute approximate surface area is 143 Å². The lowest BCUT2D eigenvalue weighted by Crippen LogP contribution is -2.05. The quantitative estimate of drug-likeness (QED) is 0.607. The van der Waals surface area contributed by atoms with Crippen LogP contribution < -0.4 is 5.32 Å². The van der Waals surface area contributed by atoms with E-state index in [4.69, 9.17) is 0 Å². The lowest BCUT2D eigenvalue weighted by molar-refractivity contribution is 0.639. The largest absolute Gasteiger partial charge is 0.365 e. The molecule has 1 N–H and O–H groups in total. The maximum Gasteiger partial charge on any atom is 0.140 e. The zero-order valence-corrected chi connectivity index (χ0v) is 13.3. The summed E-state index contributed by atoms with van der Waals surface area (Å²) in [6.07, 6.45) is 4.63. The van der Waals surface area contributed by atoms with Gasteiger partial charge in [0.05, 0.1) is 17.4 Å². The summed E-state index contributed by atoms with van der Waals surface area (Å²) in [5.74, 6) is 0.158. The van der Waals surface area contributed by atoms with Crippen molar-refractivity contribution in [1.82, 2.24) is 24.7 Å². The van der Waals surface area contributed by atoms with Gasteiger partial charge in [0.1, 0.15) is 30.6 Å². The van der Waals surface area contributed by atoms with Gasteiger partial charge in [-0.1, -0.05) is 30.3 Å². The molecule has 4 rings (SSSR count). The predicted octanol–water partition coefficient (Wildman–Crippen LogP) is 3.02. The van der Waals surface area contributed by atoms with Crippen LogP contribution in [0.15, 0.2) is 61.4 Å². The van der Waals surface area contributed by atoms with Crippen LogP contribution >= 0.6 is 0 Å². The minimum Gasteiger partial charge on any atom is -0.365 e. The second-order valence-corrected chi connectivity index (χ2v) is 5.62. The van der Waals surface area contributed by atoms with Crippen LogP contribution in [0.25, 0.3) is 10.9 Å². The first-order valence-electron chi connectivity index (χ1n) is 7.83. The number of halogens is 1. The van der Waals surface area contributed by atoms with Crippen molar-refractivity contribution in [2.45, 2.75) is 13.1 Å². The summed E-state index contributed by atoms with van der Waals surface area (Å²) >= 11 is 0. The molecular weight excluding hydrogens is 319 g/mol. The van der Waals surface area contributed by atoms with Crippen molar-refractivity contribution < 1.29 is 4.39 Å². The van der Waals surface area contributed by atoms with Crippen molar-refractivity contribution >= 4 is 16.7 Å². The molecule has 0 aliphatic rings. The number of anilines is 1. The smallest absolute Gasteiger partial charge is 0.140 e. The van der Waals surface area contributed by atoms with E-state index < -0.39 is 0 Å². The van der Waals surface area contributed by atoms with E-state index in [1.165, 1.54) is 18.7 Å². The first-order valence-corrected chi connectivity index (χ1v) is 7.83. The lowest BCUT2D eigenvalue weighted by atomic mass is 10.1. The molecule has 6 nitrogen and oxygen atoms in total. The first kappa shape index (κ1) is 15.2. The lowest BCUT2D eigenvalue weighted by Gasteiger charge is -2.10. The zero-order valence-electron chi connectivity index (χ0n) is 13.3. The Morgan fingerprint density at radius 2 is 1.88 bits per heavy atom. The summed E-state index contributed by atoms with van der Waals surface area (Å²) in [4.78, 5) is 12.2. The van der Waals surface area contributed by atoms with Crippen molar-refractivity contribution in [2.75, 3.05) is 5.32 Å². The zero-order chi connectivity index (χ0) is 17.1. The number of aromatic nitrogens is 5. The van der Waals surface area contributed by atoms with Crippen LogP contribution in [0.5, 0.6) is 0 Å². The van der Waals surface area contributed by atoms with Gasteiger partial charge >= 0.3 is 0 Å². The van der Waals surface area contributed by atoms with Crippen LogP contribution in [0.2, 0.25) is 0 Å². The monoisotopic (exact) mass is 334 g/mol. The molecule has 0 atom stereocenters. The predicted molar refractivity (Wildman–Crippen MR) is 92.4 cm³/mol. The van der Waals surface area contributed by atoms with Crippen LogP contribution in [0.1, 0.15) is 11.1 Å². The van der Waals surface area contributed by atoms with Crippen LogP contribution in [-0.4, -0.2) is 24.7 Å².